The topological polar surface area (TPSA) is 15.3 Å². The smallest absolute Gasteiger partial charge is 0.174 e. The first kappa shape index (κ1) is 14.2. The Kier molecular flexibility index (Phi) is 4.51. The van der Waals surface area contributed by atoms with Crippen LogP contribution in [-0.2, 0) is 0 Å². The van der Waals surface area contributed by atoms with Crippen LogP contribution in [0.3, 0.4) is 0 Å². The van der Waals surface area contributed by atoms with Crippen molar-refractivity contribution in [1.29, 1.82) is 0 Å². The Bertz CT molecular complexity index is 583. The molecule has 1 saturated heterocycles. The SMILES string of the molecule is S=C(Nc1ccc(Cl)cc1)N1CCS[C@@H]1c1cccs1. The molecule has 2 aromatic rings. The van der Waals surface area contributed by atoms with Crippen molar-refractivity contribution in [2.45, 2.75) is 5.37 Å². The van der Waals surface area contributed by atoms with E-state index in [9.17, 15) is 0 Å². The maximum absolute atomic E-state index is 5.89. The maximum atomic E-state index is 5.89. The number of rotatable bonds is 2. The Morgan fingerprint density at radius 2 is 2.10 bits per heavy atom. The fourth-order valence-corrected chi connectivity index (χ4v) is 4.83. The second kappa shape index (κ2) is 6.35. The molecular formula is C14H13ClN2S3. The van der Waals surface area contributed by atoms with Crippen molar-refractivity contribution < 1.29 is 0 Å². The number of benzene rings is 1. The monoisotopic (exact) mass is 340 g/mol. The van der Waals surface area contributed by atoms with Crippen molar-refractivity contribution in [1.82, 2.24) is 4.90 Å². The van der Waals surface area contributed by atoms with Crippen LogP contribution in [-0.4, -0.2) is 22.3 Å². The molecule has 2 nitrogen and oxygen atoms in total. The van der Waals surface area contributed by atoms with E-state index in [0.717, 1.165) is 28.1 Å². The molecule has 1 aliphatic rings. The molecule has 0 aliphatic carbocycles. The van der Waals surface area contributed by atoms with Crippen LogP contribution in [0.5, 0.6) is 0 Å². The van der Waals surface area contributed by atoms with Gasteiger partial charge in [-0.3, -0.25) is 0 Å². The van der Waals surface area contributed by atoms with E-state index in [0.29, 0.717) is 5.37 Å². The number of hydrogen-bond acceptors (Lipinski definition) is 3. The lowest BCUT2D eigenvalue weighted by molar-refractivity contribution is 0.462. The van der Waals surface area contributed by atoms with Crippen LogP contribution in [0.4, 0.5) is 5.69 Å². The Morgan fingerprint density at radius 1 is 1.30 bits per heavy atom. The first-order chi connectivity index (χ1) is 9.74. The summed E-state index contributed by atoms with van der Waals surface area (Å²) < 4.78 is 0. The minimum Gasteiger partial charge on any atom is -0.333 e. The van der Waals surface area contributed by atoms with Gasteiger partial charge in [-0.05, 0) is 47.9 Å². The summed E-state index contributed by atoms with van der Waals surface area (Å²) in [5, 5.41) is 7.25. The summed E-state index contributed by atoms with van der Waals surface area (Å²) >= 11 is 15.2. The molecule has 6 heteroatoms. The lowest BCUT2D eigenvalue weighted by atomic mass is 10.3. The normalized spacial score (nSPS) is 18.2. The number of thiophene rings is 1. The van der Waals surface area contributed by atoms with Gasteiger partial charge in [-0.15, -0.1) is 23.1 Å². The summed E-state index contributed by atoms with van der Waals surface area (Å²) in [6, 6.07) is 11.9. The van der Waals surface area contributed by atoms with E-state index in [1.807, 2.05) is 36.0 Å². The van der Waals surface area contributed by atoms with Gasteiger partial charge in [0.2, 0.25) is 0 Å². The van der Waals surface area contributed by atoms with Crippen LogP contribution in [0, 0.1) is 0 Å². The molecule has 3 rings (SSSR count). The van der Waals surface area contributed by atoms with Crippen molar-refractivity contribution in [3.8, 4) is 0 Å². The Hall–Kier alpha value is -0.750. The van der Waals surface area contributed by atoms with E-state index >= 15 is 0 Å². The second-order valence-electron chi connectivity index (χ2n) is 4.37. The highest BCUT2D eigenvalue weighted by Gasteiger charge is 2.29. The number of thioether (sulfide) groups is 1. The molecule has 20 heavy (non-hydrogen) atoms. The third kappa shape index (κ3) is 3.11. The first-order valence-electron chi connectivity index (χ1n) is 6.22. The van der Waals surface area contributed by atoms with Crippen LogP contribution in [0.15, 0.2) is 41.8 Å². The Labute approximate surface area is 137 Å². The average Bonchev–Trinajstić information content (AvgIpc) is 3.11. The minimum absolute atomic E-state index is 0.335. The largest absolute Gasteiger partial charge is 0.333 e. The highest BCUT2D eigenvalue weighted by molar-refractivity contribution is 7.99. The second-order valence-corrected chi connectivity index (χ2v) is 7.36. The average molecular weight is 341 g/mol. The molecule has 1 aliphatic heterocycles. The van der Waals surface area contributed by atoms with Gasteiger partial charge in [0.05, 0.1) is 0 Å². The van der Waals surface area contributed by atoms with Gasteiger partial charge >= 0.3 is 0 Å². The highest BCUT2D eigenvalue weighted by Crippen LogP contribution is 2.40. The molecule has 1 aromatic carbocycles. The van der Waals surface area contributed by atoms with Gasteiger partial charge in [-0.25, -0.2) is 0 Å². The summed E-state index contributed by atoms with van der Waals surface area (Å²) in [4.78, 5) is 3.60. The summed E-state index contributed by atoms with van der Waals surface area (Å²) in [5.74, 6) is 1.10. The fourth-order valence-electron chi connectivity index (χ4n) is 2.07. The summed E-state index contributed by atoms with van der Waals surface area (Å²) in [6.07, 6.45) is 0. The van der Waals surface area contributed by atoms with Crippen LogP contribution in [0.2, 0.25) is 5.02 Å². The van der Waals surface area contributed by atoms with Gasteiger partial charge in [0.15, 0.2) is 5.11 Å². The molecule has 104 valence electrons. The van der Waals surface area contributed by atoms with E-state index in [4.69, 9.17) is 23.8 Å². The molecule has 1 aromatic heterocycles. The van der Waals surface area contributed by atoms with Crippen molar-refractivity contribution in [3.63, 3.8) is 0 Å². The number of thiocarbonyl (C=S) groups is 1. The summed E-state index contributed by atoms with van der Waals surface area (Å²) in [5.41, 5.74) is 0.973. The van der Waals surface area contributed by atoms with Gasteiger partial charge in [0.1, 0.15) is 5.37 Å². The van der Waals surface area contributed by atoms with Gasteiger partial charge in [0, 0.05) is 27.9 Å². The number of hydrogen-bond donors (Lipinski definition) is 1. The third-order valence-corrected chi connectivity index (χ3v) is 5.94. The maximum Gasteiger partial charge on any atom is 0.174 e. The lowest BCUT2D eigenvalue weighted by Crippen LogP contribution is -2.33. The zero-order chi connectivity index (χ0) is 13.9. The van der Waals surface area contributed by atoms with E-state index in [2.05, 4.69) is 27.7 Å². The van der Waals surface area contributed by atoms with Crippen molar-refractivity contribution in [3.05, 3.63) is 51.7 Å². The third-order valence-electron chi connectivity index (χ3n) is 3.03. The molecule has 1 N–H and O–H groups in total. The Morgan fingerprint density at radius 3 is 2.80 bits per heavy atom. The molecule has 0 spiro atoms. The fraction of sp³-hybridized carbons (Fsp3) is 0.214. The highest BCUT2D eigenvalue weighted by atomic mass is 35.5. The first-order valence-corrected chi connectivity index (χ1v) is 8.94. The molecule has 0 saturated carbocycles. The minimum atomic E-state index is 0.335. The van der Waals surface area contributed by atoms with Crippen LogP contribution < -0.4 is 5.32 Å². The lowest BCUT2D eigenvalue weighted by Gasteiger charge is -2.26. The van der Waals surface area contributed by atoms with Crippen molar-refractivity contribution in [2.24, 2.45) is 0 Å². The zero-order valence-corrected chi connectivity index (χ0v) is 13.8. The molecule has 0 amide bonds. The van der Waals surface area contributed by atoms with E-state index in [1.165, 1.54) is 4.88 Å². The number of nitrogens with one attached hydrogen (secondary N) is 1. The number of nitrogens with zero attached hydrogens (tertiary/aromatic N) is 1. The van der Waals surface area contributed by atoms with Gasteiger partial charge in [0.25, 0.3) is 0 Å². The molecule has 2 heterocycles. The molecule has 1 atom stereocenters. The van der Waals surface area contributed by atoms with Crippen molar-refractivity contribution >= 4 is 57.7 Å². The molecule has 0 radical (unpaired) electrons. The Balaban J connectivity index is 1.71. The quantitative estimate of drug-likeness (QED) is 0.786. The number of anilines is 1. The molecular weight excluding hydrogens is 328 g/mol. The zero-order valence-electron chi connectivity index (χ0n) is 10.6. The van der Waals surface area contributed by atoms with E-state index < -0.39 is 0 Å². The van der Waals surface area contributed by atoms with Crippen molar-refractivity contribution in [2.75, 3.05) is 17.6 Å². The van der Waals surface area contributed by atoms with E-state index in [-0.39, 0.29) is 0 Å². The number of halogens is 1. The standard InChI is InChI=1S/C14H13ClN2S3/c15-10-3-5-11(6-4-10)16-14(18)17-7-9-20-13(17)12-2-1-8-19-12/h1-6,8,13H,7,9H2,(H,16,18)/t13-/m1/s1. The van der Waals surface area contributed by atoms with Crippen LogP contribution >= 0.6 is 46.9 Å². The van der Waals surface area contributed by atoms with Gasteiger partial charge in [-0.1, -0.05) is 17.7 Å². The van der Waals surface area contributed by atoms with Crippen LogP contribution in [0.25, 0.3) is 0 Å². The molecule has 0 unspecified atom stereocenters. The summed E-state index contributed by atoms with van der Waals surface area (Å²) in [7, 11) is 0. The van der Waals surface area contributed by atoms with E-state index in [1.54, 1.807) is 11.3 Å². The van der Waals surface area contributed by atoms with Gasteiger partial charge < -0.3 is 10.2 Å². The molecule has 0 bridgehead atoms. The predicted octanol–water partition coefficient (Wildman–Crippen LogP) is 4.85. The van der Waals surface area contributed by atoms with Crippen LogP contribution in [0.1, 0.15) is 10.3 Å². The summed E-state index contributed by atoms with van der Waals surface area (Å²) in [6.45, 7) is 0.979. The predicted molar refractivity (Wildman–Crippen MR) is 93.9 cm³/mol. The van der Waals surface area contributed by atoms with Gasteiger partial charge in [-0.2, -0.15) is 0 Å². The molecule has 1 fully saturated rings.